The van der Waals surface area contributed by atoms with Crippen LogP contribution in [0.15, 0.2) is 24.5 Å². The number of H-pyrrole nitrogens is 1. The van der Waals surface area contributed by atoms with Crippen LogP contribution in [0.2, 0.25) is 0 Å². The Morgan fingerprint density at radius 2 is 2.27 bits per heavy atom. The summed E-state index contributed by atoms with van der Waals surface area (Å²) in [4.78, 5) is 2.70. The molecule has 0 aliphatic heterocycles. The van der Waals surface area contributed by atoms with Crippen LogP contribution in [0.4, 0.5) is 4.39 Å². The molecule has 11 heavy (non-hydrogen) atoms. The number of nitrogens with one attached hydrogen (secondary N) is 1. The Morgan fingerprint density at radius 1 is 1.45 bits per heavy atom. The van der Waals surface area contributed by atoms with E-state index in [1.54, 1.807) is 12.3 Å². The van der Waals surface area contributed by atoms with Crippen molar-refractivity contribution in [3.05, 3.63) is 30.3 Å². The minimum Gasteiger partial charge on any atom is -0.350 e. The van der Waals surface area contributed by atoms with E-state index < -0.39 is 0 Å². The molecule has 3 nitrogen and oxygen atoms in total. The molecular formula is C7H6FN2O+. The van der Waals surface area contributed by atoms with E-state index in [0.717, 1.165) is 4.73 Å². The topological polar surface area (TPSA) is 39.9 Å². The second kappa shape index (κ2) is 1.95. The van der Waals surface area contributed by atoms with Crippen LogP contribution in [0.1, 0.15) is 0 Å². The molecule has 0 fully saturated rings. The Morgan fingerprint density at radius 3 is 3.00 bits per heavy atom. The molecule has 2 aromatic rings. The number of aromatic nitrogens is 2. The molecule has 0 aliphatic carbocycles. The summed E-state index contributed by atoms with van der Waals surface area (Å²) in [5.41, 5.74) is 0.366. The number of aromatic amines is 1. The highest BCUT2D eigenvalue weighted by Crippen LogP contribution is 2.10. The highest BCUT2D eigenvalue weighted by Gasteiger charge is 2.10. The van der Waals surface area contributed by atoms with Crippen LogP contribution in [-0.2, 0) is 0 Å². The van der Waals surface area contributed by atoms with Crippen LogP contribution < -0.4 is 4.73 Å². The maximum absolute atomic E-state index is 12.9. The Hall–Kier alpha value is -1.58. The van der Waals surface area contributed by atoms with Gasteiger partial charge in [0, 0.05) is 6.07 Å². The molecule has 0 spiro atoms. The molecule has 2 rings (SSSR count). The minimum atomic E-state index is -0.341. The van der Waals surface area contributed by atoms with Gasteiger partial charge in [0.1, 0.15) is 17.4 Å². The van der Waals surface area contributed by atoms with Crippen molar-refractivity contribution in [3.63, 3.8) is 0 Å². The quantitative estimate of drug-likeness (QED) is 0.427. The molecule has 0 aliphatic rings. The van der Waals surface area contributed by atoms with Gasteiger partial charge in [-0.2, -0.15) is 0 Å². The Bertz CT molecular complexity index is 360. The van der Waals surface area contributed by atoms with Crippen molar-refractivity contribution in [1.29, 1.82) is 0 Å². The van der Waals surface area contributed by atoms with Crippen molar-refractivity contribution in [2.45, 2.75) is 0 Å². The van der Waals surface area contributed by atoms with Gasteiger partial charge >= 0.3 is 5.65 Å². The maximum Gasteiger partial charge on any atom is 0.328 e. The molecule has 0 aromatic carbocycles. The molecule has 0 saturated heterocycles. The zero-order chi connectivity index (χ0) is 7.84. The standard InChI is InChI=1S/C7H5FN2O/c8-6-2-4-10(11)7-5(6)1-3-9-7/h1-4,11H/p+1. The van der Waals surface area contributed by atoms with Gasteiger partial charge in [-0.05, 0) is 6.07 Å². The van der Waals surface area contributed by atoms with Crippen LogP contribution in [0, 0.1) is 5.82 Å². The van der Waals surface area contributed by atoms with E-state index in [1.807, 2.05) is 0 Å². The van der Waals surface area contributed by atoms with Crippen molar-refractivity contribution >= 4 is 11.0 Å². The van der Waals surface area contributed by atoms with Crippen molar-refractivity contribution in [3.8, 4) is 0 Å². The normalized spacial score (nSPS) is 10.6. The average molecular weight is 153 g/mol. The minimum absolute atomic E-state index is 0.341. The molecule has 0 unspecified atom stereocenters. The van der Waals surface area contributed by atoms with Crippen LogP contribution in [-0.4, -0.2) is 10.2 Å². The second-order valence-electron chi connectivity index (χ2n) is 2.25. The van der Waals surface area contributed by atoms with Crippen LogP contribution in [0.3, 0.4) is 0 Å². The summed E-state index contributed by atoms with van der Waals surface area (Å²) in [6, 6.07) is 2.77. The summed E-state index contributed by atoms with van der Waals surface area (Å²) in [5.74, 6) is -0.341. The SMILES string of the molecule is O[n+]1ccc(F)c2cc[nH]c21. The molecule has 0 radical (unpaired) electrons. The Kier molecular flexibility index (Phi) is 1.09. The number of hydrogen-bond donors (Lipinski definition) is 2. The van der Waals surface area contributed by atoms with Crippen LogP contribution >= 0.6 is 0 Å². The average Bonchev–Trinajstić information content (AvgIpc) is 2.45. The van der Waals surface area contributed by atoms with Gasteiger partial charge in [-0.25, -0.2) is 9.37 Å². The van der Waals surface area contributed by atoms with Gasteiger partial charge in [0.2, 0.25) is 0 Å². The first-order valence-electron chi connectivity index (χ1n) is 3.15. The van der Waals surface area contributed by atoms with Crippen molar-refractivity contribution < 1.29 is 14.3 Å². The zero-order valence-corrected chi connectivity index (χ0v) is 5.58. The third-order valence-corrected chi connectivity index (χ3v) is 1.57. The third kappa shape index (κ3) is 0.756. The highest BCUT2D eigenvalue weighted by molar-refractivity contribution is 5.72. The lowest BCUT2D eigenvalue weighted by Gasteiger charge is -1.89. The summed E-state index contributed by atoms with van der Waals surface area (Å²) < 4.78 is 13.7. The van der Waals surface area contributed by atoms with E-state index in [2.05, 4.69) is 4.98 Å². The van der Waals surface area contributed by atoms with E-state index in [0.29, 0.717) is 11.0 Å². The van der Waals surface area contributed by atoms with Gasteiger partial charge < -0.3 is 5.21 Å². The molecular weight excluding hydrogens is 147 g/mol. The molecule has 0 bridgehead atoms. The van der Waals surface area contributed by atoms with E-state index in [4.69, 9.17) is 5.21 Å². The Balaban J connectivity index is 2.96. The van der Waals surface area contributed by atoms with Crippen LogP contribution in [0.25, 0.3) is 11.0 Å². The summed E-state index contributed by atoms with van der Waals surface area (Å²) in [6.45, 7) is 0. The molecule has 0 amide bonds. The van der Waals surface area contributed by atoms with Gasteiger partial charge in [-0.1, -0.05) is 4.73 Å². The van der Waals surface area contributed by atoms with Crippen LogP contribution in [0.5, 0.6) is 0 Å². The lowest BCUT2D eigenvalue weighted by atomic mass is 10.3. The first-order chi connectivity index (χ1) is 5.29. The number of nitrogens with zero attached hydrogens (tertiary/aromatic N) is 1. The van der Waals surface area contributed by atoms with E-state index in [9.17, 15) is 4.39 Å². The number of rotatable bonds is 0. The molecule has 0 atom stereocenters. The van der Waals surface area contributed by atoms with E-state index in [-0.39, 0.29) is 5.82 Å². The molecule has 2 N–H and O–H groups in total. The van der Waals surface area contributed by atoms with Crippen molar-refractivity contribution in [1.82, 2.24) is 4.98 Å². The zero-order valence-electron chi connectivity index (χ0n) is 5.58. The van der Waals surface area contributed by atoms with Gasteiger partial charge in [0.15, 0.2) is 0 Å². The Labute approximate surface area is 61.7 Å². The third-order valence-electron chi connectivity index (χ3n) is 1.57. The molecule has 4 heteroatoms. The van der Waals surface area contributed by atoms with Gasteiger partial charge in [0.05, 0.1) is 6.20 Å². The molecule has 0 saturated carbocycles. The fraction of sp³-hybridized carbons (Fsp3) is 0. The lowest BCUT2D eigenvalue weighted by molar-refractivity contribution is -0.886. The predicted octanol–water partition coefficient (Wildman–Crippen LogP) is 0.832. The first kappa shape index (κ1) is 6.15. The number of fused-ring (bicyclic) bond motifs is 1. The second-order valence-corrected chi connectivity index (χ2v) is 2.25. The highest BCUT2D eigenvalue weighted by atomic mass is 19.1. The summed E-state index contributed by atoms with van der Waals surface area (Å²) in [7, 11) is 0. The number of halogens is 1. The number of pyridine rings is 1. The molecule has 2 aromatic heterocycles. The number of hydrogen-bond acceptors (Lipinski definition) is 1. The maximum atomic E-state index is 12.9. The predicted molar refractivity (Wildman–Crippen MR) is 35.6 cm³/mol. The van der Waals surface area contributed by atoms with Gasteiger partial charge in [-0.3, -0.25) is 0 Å². The summed E-state index contributed by atoms with van der Waals surface area (Å²) in [6.07, 6.45) is 2.81. The van der Waals surface area contributed by atoms with E-state index in [1.165, 1.54) is 12.3 Å². The van der Waals surface area contributed by atoms with E-state index >= 15 is 0 Å². The first-order valence-corrected chi connectivity index (χ1v) is 3.15. The largest absolute Gasteiger partial charge is 0.350 e. The molecule has 2 heterocycles. The lowest BCUT2D eigenvalue weighted by Crippen LogP contribution is -2.30. The molecule has 56 valence electrons. The smallest absolute Gasteiger partial charge is 0.328 e. The van der Waals surface area contributed by atoms with Gasteiger partial charge in [0.25, 0.3) is 0 Å². The summed E-state index contributed by atoms with van der Waals surface area (Å²) in [5, 5.41) is 9.49. The van der Waals surface area contributed by atoms with Gasteiger partial charge in [-0.15, -0.1) is 0 Å². The van der Waals surface area contributed by atoms with Crippen molar-refractivity contribution in [2.24, 2.45) is 0 Å². The van der Waals surface area contributed by atoms with Crippen molar-refractivity contribution in [2.75, 3.05) is 0 Å². The summed E-state index contributed by atoms with van der Waals surface area (Å²) >= 11 is 0. The fourth-order valence-electron chi connectivity index (χ4n) is 1.04. The monoisotopic (exact) mass is 153 g/mol. The fourth-order valence-corrected chi connectivity index (χ4v) is 1.04.